The van der Waals surface area contributed by atoms with Gasteiger partial charge in [-0.15, -0.1) is 0 Å². The molecule has 0 spiro atoms. The Labute approximate surface area is 105 Å². The quantitative estimate of drug-likeness (QED) is 0.821. The Hall–Kier alpha value is -1.73. The predicted octanol–water partition coefficient (Wildman–Crippen LogP) is 1.54. The summed E-state index contributed by atoms with van der Waals surface area (Å²) in [6, 6.07) is 7.39. The average Bonchev–Trinajstić information content (AvgIpc) is 2.53. The molecule has 1 saturated heterocycles. The van der Waals surface area contributed by atoms with E-state index in [0.717, 1.165) is 18.7 Å². The van der Waals surface area contributed by atoms with Crippen LogP contribution in [0.15, 0.2) is 18.2 Å². The molecular weight excluding hydrogens is 238 g/mol. The lowest BCUT2D eigenvalue weighted by atomic mass is 10.1. The molecule has 1 amide bonds. The van der Waals surface area contributed by atoms with Gasteiger partial charge in [0.05, 0.1) is 22.8 Å². The third-order valence-corrected chi connectivity index (χ3v) is 3.02. The number of anilines is 1. The highest BCUT2D eigenvalue weighted by atomic mass is 35.5. The molecule has 0 saturated carbocycles. The predicted molar refractivity (Wildman–Crippen MR) is 66.0 cm³/mol. The van der Waals surface area contributed by atoms with Crippen LogP contribution >= 0.6 is 11.6 Å². The van der Waals surface area contributed by atoms with Crippen LogP contribution in [0.1, 0.15) is 12.0 Å². The van der Waals surface area contributed by atoms with Crippen LogP contribution in [0.25, 0.3) is 0 Å². The SMILES string of the molecule is N#Cc1c(Cl)cccc1N1CCCNC(=O)C1. The van der Waals surface area contributed by atoms with Gasteiger partial charge < -0.3 is 10.2 Å². The number of nitrogens with one attached hydrogen (secondary N) is 1. The van der Waals surface area contributed by atoms with Crippen LogP contribution in [0.3, 0.4) is 0 Å². The molecule has 1 N–H and O–H groups in total. The van der Waals surface area contributed by atoms with Gasteiger partial charge in [0.2, 0.25) is 5.91 Å². The fourth-order valence-electron chi connectivity index (χ4n) is 1.90. The van der Waals surface area contributed by atoms with Crippen molar-refractivity contribution in [3.8, 4) is 6.07 Å². The minimum Gasteiger partial charge on any atom is -0.361 e. The molecule has 17 heavy (non-hydrogen) atoms. The molecular formula is C12H12ClN3O. The lowest BCUT2D eigenvalue weighted by molar-refractivity contribution is -0.119. The molecule has 1 aliphatic heterocycles. The van der Waals surface area contributed by atoms with Crippen LogP contribution in [0.4, 0.5) is 5.69 Å². The van der Waals surface area contributed by atoms with Crippen molar-refractivity contribution in [2.24, 2.45) is 0 Å². The first-order valence-corrected chi connectivity index (χ1v) is 5.80. The van der Waals surface area contributed by atoms with Crippen molar-refractivity contribution in [2.75, 3.05) is 24.5 Å². The Morgan fingerprint density at radius 1 is 1.47 bits per heavy atom. The number of hydrogen-bond acceptors (Lipinski definition) is 3. The highest BCUT2D eigenvalue weighted by molar-refractivity contribution is 6.32. The second-order valence-corrected chi connectivity index (χ2v) is 4.28. The standard InChI is InChI=1S/C12H12ClN3O/c13-10-3-1-4-11(9(10)7-14)16-6-2-5-15-12(17)8-16/h1,3-4H,2,5-6,8H2,(H,15,17). The molecule has 1 aliphatic rings. The van der Waals surface area contributed by atoms with E-state index >= 15 is 0 Å². The van der Waals surface area contributed by atoms with Gasteiger partial charge in [-0.2, -0.15) is 5.26 Å². The Bertz CT molecular complexity index is 481. The maximum Gasteiger partial charge on any atom is 0.239 e. The number of hydrogen-bond donors (Lipinski definition) is 1. The highest BCUT2D eigenvalue weighted by Crippen LogP contribution is 2.27. The number of carbonyl (C=O) groups is 1. The number of rotatable bonds is 1. The van der Waals surface area contributed by atoms with E-state index in [-0.39, 0.29) is 12.5 Å². The lowest BCUT2D eigenvalue weighted by Crippen LogP contribution is -2.33. The largest absolute Gasteiger partial charge is 0.361 e. The normalized spacial score (nSPS) is 16.0. The van der Waals surface area contributed by atoms with Crippen LogP contribution in [0, 0.1) is 11.3 Å². The Morgan fingerprint density at radius 3 is 3.06 bits per heavy atom. The summed E-state index contributed by atoms with van der Waals surface area (Å²) in [5, 5.41) is 12.3. The molecule has 5 heteroatoms. The van der Waals surface area contributed by atoms with Crippen molar-refractivity contribution in [2.45, 2.75) is 6.42 Å². The van der Waals surface area contributed by atoms with Crippen molar-refractivity contribution < 1.29 is 4.79 Å². The Morgan fingerprint density at radius 2 is 2.29 bits per heavy atom. The van der Waals surface area contributed by atoms with Crippen molar-refractivity contribution in [1.29, 1.82) is 5.26 Å². The molecule has 4 nitrogen and oxygen atoms in total. The smallest absolute Gasteiger partial charge is 0.239 e. The molecule has 1 aromatic rings. The van der Waals surface area contributed by atoms with Gasteiger partial charge in [-0.05, 0) is 18.6 Å². The first-order valence-electron chi connectivity index (χ1n) is 5.42. The zero-order chi connectivity index (χ0) is 12.3. The molecule has 0 bridgehead atoms. The molecule has 0 atom stereocenters. The number of nitrogens with zero attached hydrogens (tertiary/aromatic N) is 2. The number of amides is 1. The monoisotopic (exact) mass is 249 g/mol. The van der Waals surface area contributed by atoms with Gasteiger partial charge in [0.25, 0.3) is 0 Å². The minimum absolute atomic E-state index is 0.0219. The topological polar surface area (TPSA) is 56.1 Å². The average molecular weight is 250 g/mol. The van der Waals surface area contributed by atoms with Crippen LogP contribution in [0.5, 0.6) is 0 Å². The number of benzene rings is 1. The van der Waals surface area contributed by atoms with E-state index in [0.29, 0.717) is 17.1 Å². The summed E-state index contributed by atoms with van der Waals surface area (Å²) in [4.78, 5) is 13.4. The van der Waals surface area contributed by atoms with Crippen LogP contribution in [-0.2, 0) is 4.79 Å². The van der Waals surface area contributed by atoms with Gasteiger partial charge in [0.1, 0.15) is 6.07 Å². The molecule has 1 aromatic carbocycles. The molecule has 0 aliphatic carbocycles. The zero-order valence-electron chi connectivity index (χ0n) is 9.24. The lowest BCUT2D eigenvalue weighted by Gasteiger charge is -2.22. The van der Waals surface area contributed by atoms with Crippen LogP contribution in [0.2, 0.25) is 5.02 Å². The van der Waals surface area contributed by atoms with E-state index in [2.05, 4.69) is 11.4 Å². The first-order chi connectivity index (χ1) is 8.22. The Kier molecular flexibility index (Phi) is 3.50. The van der Waals surface area contributed by atoms with E-state index in [1.54, 1.807) is 12.1 Å². The summed E-state index contributed by atoms with van der Waals surface area (Å²) in [6.45, 7) is 1.70. The molecule has 1 fully saturated rings. The number of nitriles is 1. The van der Waals surface area contributed by atoms with Gasteiger partial charge in [-0.1, -0.05) is 17.7 Å². The maximum atomic E-state index is 11.5. The summed E-state index contributed by atoms with van der Waals surface area (Å²) in [7, 11) is 0. The van der Waals surface area contributed by atoms with Crippen molar-refractivity contribution in [1.82, 2.24) is 5.32 Å². The zero-order valence-corrected chi connectivity index (χ0v) is 10.00. The fourth-order valence-corrected chi connectivity index (χ4v) is 2.11. The maximum absolute atomic E-state index is 11.5. The van der Waals surface area contributed by atoms with E-state index in [1.807, 2.05) is 11.0 Å². The molecule has 0 aromatic heterocycles. The van der Waals surface area contributed by atoms with Gasteiger partial charge in [-0.3, -0.25) is 4.79 Å². The number of halogens is 1. The van der Waals surface area contributed by atoms with Gasteiger partial charge in [-0.25, -0.2) is 0 Å². The summed E-state index contributed by atoms with van der Waals surface area (Å²) < 4.78 is 0. The van der Waals surface area contributed by atoms with Crippen molar-refractivity contribution in [3.63, 3.8) is 0 Å². The van der Waals surface area contributed by atoms with Crippen molar-refractivity contribution in [3.05, 3.63) is 28.8 Å². The van der Waals surface area contributed by atoms with E-state index < -0.39 is 0 Å². The van der Waals surface area contributed by atoms with Crippen LogP contribution < -0.4 is 10.2 Å². The van der Waals surface area contributed by atoms with E-state index in [9.17, 15) is 4.79 Å². The fraction of sp³-hybridized carbons (Fsp3) is 0.333. The third kappa shape index (κ3) is 2.51. The third-order valence-electron chi connectivity index (χ3n) is 2.71. The molecule has 0 unspecified atom stereocenters. The molecule has 88 valence electrons. The van der Waals surface area contributed by atoms with Gasteiger partial charge >= 0.3 is 0 Å². The van der Waals surface area contributed by atoms with E-state index in [4.69, 9.17) is 16.9 Å². The Balaban J connectivity index is 2.36. The minimum atomic E-state index is -0.0219. The second kappa shape index (κ2) is 5.07. The molecule has 2 rings (SSSR count). The summed E-state index contributed by atoms with van der Waals surface area (Å²) >= 11 is 5.98. The first kappa shape index (κ1) is 11.7. The van der Waals surface area contributed by atoms with Gasteiger partial charge in [0, 0.05) is 13.1 Å². The molecule has 1 heterocycles. The molecule has 0 radical (unpaired) electrons. The summed E-state index contributed by atoms with van der Waals surface area (Å²) in [6.07, 6.45) is 0.864. The highest BCUT2D eigenvalue weighted by Gasteiger charge is 2.18. The summed E-state index contributed by atoms with van der Waals surface area (Å²) in [5.41, 5.74) is 1.17. The van der Waals surface area contributed by atoms with Crippen LogP contribution in [-0.4, -0.2) is 25.5 Å². The second-order valence-electron chi connectivity index (χ2n) is 3.87. The van der Waals surface area contributed by atoms with Gasteiger partial charge in [0.15, 0.2) is 0 Å². The van der Waals surface area contributed by atoms with E-state index in [1.165, 1.54) is 0 Å². The summed E-state index contributed by atoms with van der Waals surface area (Å²) in [5.74, 6) is -0.0219. The van der Waals surface area contributed by atoms with Crippen molar-refractivity contribution >= 4 is 23.2 Å². The number of carbonyl (C=O) groups excluding carboxylic acids is 1.